The minimum absolute atomic E-state index is 0.0251. The molecule has 1 aromatic heterocycles. The highest BCUT2D eigenvalue weighted by molar-refractivity contribution is 7.91. The maximum atomic E-state index is 12.6. The minimum atomic E-state index is -3.05. The number of aryl methyl sites for hydroxylation is 1. The summed E-state index contributed by atoms with van der Waals surface area (Å²) in [7, 11) is -1.14. The Morgan fingerprint density at radius 2 is 1.84 bits per heavy atom. The molecule has 25 heavy (non-hydrogen) atoms. The van der Waals surface area contributed by atoms with Crippen LogP contribution in [0.3, 0.4) is 0 Å². The first-order valence-corrected chi connectivity index (χ1v) is 9.95. The highest BCUT2D eigenvalue weighted by Crippen LogP contribution is 2.19. The lowest BCUT2D eigenvalue weighted by Gasteiger charge is -2.29. The van der Waals surface area contributed by atoms with E-state index in [0.717, 1.165) is 10.9 Å². The molecule has 1 fully saturated rings. The molecule has 1 aromatic carbocycles. The maximum absolute atomic E-state index is 12.6. The quantitative estimate of drug-likeness (QED) is 0.863. The Kier molecular flexibility index (Phi) is 4.55. The molecular weight excluding hydrogens is 342 g/mol. The van der Waals surface area contributed by atoms with Crippen LogP contribution < -0.4 is 5.32 Å². The molecular formula is C17H21N3O4S. The Morgan fingerprint density at radius 1 is 1.16 bits per heavy atom. The van der Waals surface area contributed by atoms with Crippen LogP contribution >= 0.6 is 0 Å². The number of hydrogen-bond donors (Lipinski definition) is 1. The van der Waals surface area contributed by atoms with Crippen LogP contribution in [0.15, 0.2) is 30.5 Å². The Hall–Kier alpha value is -2.35. The van der Waals surface area contributed by atoms with Crippen LogP contribution in [-0.4, -0.2) is 60.3 Å². The van der Waals surface area contributed by atoms with E-state index in [-0.39, 0.29) is 36.4 Å². The Balaban J connectivity index is 1.71. The first-order valence-electron chi connectivity index (χ1n) is 8.12. The lowest BCUT2D eigenvalue weighted by molar-refractivity contribution is -0.132. The highest BCUT2D eigenvalue weighted by atomic mass is 32.2. The molecule has 1 unspecified atom stereocenters. The predicted molar refractivity (Wildman–Crippen MR) is 95.1 cm³/mol. The van der Waals surface area contributed by atoms with E-state index < -0.39 is 15.9 Å². The summed E-state index contributed by atoms with van der Waals surface area (Å²) in [5, 5.41) is 3.55. The fraction of sp³-hybridized carbons (Fsp3) is 0.412. The molecule has 1 aliphatic heterocycles. The monoisotopic (exact) mass is 363 g/mol. The number of rotatable bonds is 3. The SMILES string of the molecule is CC(NC(=O)c1cccc2c1ccn2C)C(=O)N1CCS(=O)(=O)CC1. The van der Waals surface area contributed by atoms with Crippen molar-refractivity contribution >= 4 is 32.6 Å². The molecule has 0 spiro atoms. The van der Waals surface area contributed by atoms with Crippen molar-refractivity contribution in [3.8, 4) is 0 Å². The van der Waals surface area contributed by atoms with Gasteiger partial charge in [0.15, 0.2) is 9.84 Å². The fourth-order valence-corrected chi connectivity index (χ4v) is 4.24. The molecule has 1 aliphatic rings. The average Bonchev–Trinajstić information content (AvgIpc) is 2.95. The van der Waals surface area contributed by atoms with E-state index in [1.807, 2.05) is 29.9 Å². The van der Waals surface area contributed by atoms with Gasteiger partial charge in [-0.1, -0.05) is 6.07 Å². The summed E-state index contributed by atoms with van der Waals surface area (Å²) >= 11 is 0. The van der Waals surface area contributed by atoms with Crippen molar-refractivity contribution in [1.29, 1.82) is 0 Å². The second-order valence-electron chi connectivity index (χ2n) is 6.34. The van der Waals surface area contributed by atoms with Gasteiger partial charge >= 0.3 is 0 Å². The van der Waals surface area contributed by atoms with Crippen molar-refractivity contribution < 1.29 is 18.0 Å². The first-order chi connectivity index (χ1) is 11.8. The van der Waals surface area contributed by atoms with Crippen molar-refractivity contribution in [2.75, 3.05) is 24.6 Å². The number of carbonyl (C=O) groups is 2. The van der Waals surface area contributed by atoms with Crippen LogP contribution in [0.5, 0.6) is 0 Å². The molecule has 8 heteroatoms. The topological polar surface area (TPSA) is 88.5 Å². The largest absolute Gasteiger partial charge is 0.351 e. The number of nitrogens with one attached hydrogen (secondary N) is 1. The molecule has 2 aromatic rings. The van der Waals surface area contributed by atoms with Gasteiger partial charge in [0.1, 0.15) is 6.04 Å². The number of sulfone groups is 1. The lowest BCUT2D eigenvalue weighted by Crippen LogP contribution is -2.51. The summed E-state index contributed by atoms with van der Waals surface area (Å²) in [5.74, 6) is -0.628. The summed E-state index contributed by atoms with van der Waals surface area (Å²) < 4.78 is 24.9. The van der Waals surface area contributed by atoms with Crippen LogP contribution in [-0.2, 0) is 21.7 Å². The van der Waals surface area contributed by atoms with Gasteiger partial charge in [-0.15, -0.1) is 0 Å². The molecule has 2 heterocycles. The molecule has 2 amide bonds. The minimum Gasteiger partial charge on any atom is -0.351 e. The van der Waals surface area contributed by atoms with Crippen LogP contribution in [0.25, 0.3) is 10.9 Å². The van der Waals surface area contributed by atoms with E-state index in [4.69, 9.17) is 0 Å². The maximum Gasteiger partial charge on any atom is 0.252 e. The molecule has 1 atom stereocenters. The molecule has 3 rings (SSSR count). The second kappa shape index (κ2) is 6.51. The van der Waals surface area contributed by atoms with Crippen LogP contribution in [0.4, 0.5) is 0 Å². The van der Waals surface area contributed by atoms with E-state index >= 15 is 0 Å². The highest BCUT2D eigenvalue weighted by Gasteiger charge is 2.28. The van der Waals surface area contributed by atoms with Gasteiger partial charge in [0.25, 0.3) is 5.91 Å². The summed E-state index contributed by atoms with van der Waals surface area (Å²) in [6.07, 6.45) is 1.88. The Morgan fingerprint density at radius 3 is 2.52 bits per heavy atom. The molecule has 0 aliphatic carbocycles. The van der Waals surface area contributed by atoms with Crippen LogP contribution in [0, 0.1) is 0 Å². The third-order valence-electron chi connectivity index (χ3n) is 4.55. The lowest BCUT2D eigenvalue weighted by atomic mass is 10.1. The second-order valence-corrected chi connectivity index (χ2v) is 8.64. The van der Waals surface area contributed by atoms with E-state index in [1.54, 1.807) is 19.1 Å². The number of nitrogens with zero attached hydrogens (tertiary/aromatic N) is 2. The zero-order valence-corrected chi connectivity index (χ0v) is 15.0. The van der Waals surface area contributed by atoms with Crippen molar-refractivity contribution in [2.45, 2.75) is 13.0 Å². The average molecular weight is 363 g/mol. The van der Waals surface area contributed by atoms with Gasteiger partial charge in [-0.05, 0) is 25.1 Å². The molecule has 134 valence electrons. The van der Waals surface area contributed by atoms with Gasteiger partial charge in [0.05, 0.1) is 11.5 Å². The molecule has 0 radical (unpaired) electrons. The van der Waals surface area contributed by atoms with Crippen LogP contribution in [0.2, 0.25) is 0 Å². The van der Waals surface area contributed by atoms with E-state index in [1.165, 1.54) is 4.90 Å². The van der Waals surface area contributed by atoms with Gasteiger partial charge in [-0.3, -0.25) is 9.59 Å². The standard InChI is InChI=1S/C17H21N3O4S/c1-12(17(22)20-8-10-25(23,24)11-9-20)18-16(21)14-4-3-5-15-13(14)6-7-19(15)2/h3-7,12H,8-11H2,1-2H3,(H,18,21). The van der Waals surface area contributed by atoms with E-state index in [0.29, 0.717) is 5.56 Å². The van der Waals surface area contributed by atoms with Gasteiger partial charge in [-0.25, -0.2) is 8.42 Å². The smallest absolute Gasteiger partial charge is 0.252 e. The third kappa shape index (κ3) is 3.53. The fourth-order valence-electron chi connectivity index (χ4n) is 3.04. The number of aromatic nitrogens is 1. The van der Waals surface area contributed by atoms with Crippen molar-refractivity contribution in [3.63, 3.8) is 0 Å². The zero-order valence-electron chi connectivity index (χ0n) is 14.2. The first kappa shape index (κ1) is 17.5. The van der Waals surface area contributed by atoms with Gasteiger partial charge in [0, 0.05) is 42.8 Å². The Labute approximate surface area is 146 Å². The zero-order chi connectivity index (χ0) is 18.2. The Bertz CT molecular complexity index is 919. The van der Waals surface area contributed by atoms with Crippen molar-refractivity contribution in [2.24, 2.45) is 7.05 Å². The number of benzene rings is 1. The summed E-state index contributed by atoms with van der Waals surface area (Å²) in [5.41, 5.74) is 1.45. The molecule has 7 nitrogen and oxygen atoms in total. The summed E-state index contributed by atoms with van der Waals surface area (Å²) in [6, 6.07) is 6.61. The third-order valence-corrected chi connectivity index (χ3v) is 6.16. The summed E-state index contributed by atoms with van der Waals surface area (Å²) in [4.78, 5) is 26.5. The van der Waals surface area contributed by atoms with Crippen LogP contribution in [0.1, 0.15) is 17.3 Å². The molecule has 0 saturated carbocycles. The molecule has 1 N–H and O–H groups in total. The summed E-state index contributed by atoms with van der Waals surface area (Å²) in [6.45, 7) is 1.97. The predicted octanol–water partition coefficient (Wildman–Crippen LogP) is 0.554. The van der Waals surface area contributed by atoms with E-state index in [2.05, 4.69) is 5.32 Å². The van der Waals surface area contributed by atoms with Gasteiger partial charge < -0.3 is 14.8 Å². The molecule has 0 bridgehead atoms. The normalized spacial score (nSPS) is 18.1. The number of hydrogen-bond acceptors (Lipinski definition) is 4. The number of fused-ring (bicyclic) bond motifs is 1. The molecule has 1 saturated heterocycles. The van der Waals surface area contributed by atoms with Gasteiger partial charge in [-0.2, -0.15) is 0 Å². The van der Waals surface area contributed by atoms with Gasteiger partial charge in [0.2, 0.25) is 5.91 Å². The number of amides is 2. The van der Waals surface area contributed by atoms with Crippen molar-refractivity contribution in [3.05, 3.63) is 36.0 Å². The van der Waals surface area contributed by atoms with Crippen molar-refractivity contribution in [1.82, 2.24) is 14.8 Å². The van der Waals surface area contributed by atoms with E-state index in [9.17, 15) is 18.0 Å². The number of carbonyl (C=O) groups excluding carboxylic acids is 2.